The van der Waals surface area contributed by atoms with E-state index >= 15 is 0 Å². The van der Waals surface area contributed by atoms with Crippen molar-refractivity contribution in [1.29, 1.82) is 0 Å². The monoisotopic (exact) mass is 356 g/mol. The molecule has 0 saturated carbocycles. The molecule has 0 spiro atoms. The summed E-state index contributed by atoms with van der Waals surface area (Å²) in [6.45, 7) is 8.93. The third kappa shape index (κ3) is 4.19. The zero-order chi connectivity index (χ0) is 15.4. The third-order valence-electron chi connectivity index (χ3n) is 3.84. The molecule has 1 fully saturated rings. The van der Waals surface area contributed by atoms with Crippen LogP contribution in [0.5, 0.6) is 0 Å². The second-order valence-electron chi connectivity index (χ2n) is 5.64. The predicted molar refractivity (Wildman–Crippen MR) is 89.9 cm³/mol. The van der Waals surface area contributed by atoms with E-state index in [0.29, 0.717) is 6.04 Å². The summed E-state index contributed by atoms with van der Waals surface area (Å²) in [6.07, 6.45) is 0.00666. The van der Waals surface area contributed by atoms with Crippen molar-refractivity contribution in [2.45, 2.75) is 39.0 Å². The van der Waals surface area contributed by atoms with Gasteiger partial charge in [0.05, 0.1) is 18.8 Å². The van der Waals surface area contributed by atoms with Crippen molar-refractivity contribution in [3.05, 3.63) is 28.2 Å². The van der Waals surface area contributed by atoms with Crippen LogP contribution in [0.1, 0.15) is 32.4 Å². The number of anilines is 1. The first-order valence-electron chi connectivity index (χ1n) is 7.59. The van der Waals surface area contributed by atoms with Gasteiger partial charge in [-0.15, -0.1) is 0 Å². The van der Waals surface area contributed by atoms with E-state index < -0.39 is 0 Å². The molecule has 1 aromatic rings. The minimum atomic E-state index is -0.116. The average molecular weight is 357 g/mol. The molecule has 118 valence electrons. The number of rotatable bonds is 5. The van der Waals surface area contributed by atoms with E-state index in [1.165, 1.54) is 11.3 Å². The number of ether oxygens (including phenoxy) is 1. The zero-order valence-corrected chi connectivity index (χ0v) is 14.6. The van der Waals surface area contributed by atoms with Gasteiger partial charge >= 0.3 is 0 Å². The van der Waals surface area contributed by atoms with Gasteiger partial charge in [0.2, 0.25) is 0 Å². The molecule has 1 saturated heterocycles. The van der Waals surface area contributed by atoms with Gasteiger partial charge in [-0.3, -0.25) is 0 Å². The van der Waals surface area contributed by atoms with E-state index in [9.17, 15) is 5.11 Å². The van der Waals surface area contributed by atoms with Crippen molar-refractivity contribution in [2.75, 3.05) is 31.1 Å². The molecule has 0 aromatic heterocycles. The van der Waals surface area contributed by atoms with Crippen molar-refractivity contribution in [1.82, 2.24) is 5.32 Å². The SMILES string of the molecule is CCNC(C)c1ccc(Br)cc1N1CC(C)OC(CO)C1. The number of nitrogens with one attached hydrogen (secondary N) is 1. The molecule has 3 unspecified atom stereocenters. The maximum Gasteiger partial charge on any atom is 0.0984 e. The summed E-state index contributed by atoms with van der Waals surface area (Å²) < 4.78 is 6.82. The lowest BCUT2D eigenvalue weighted by Gasteiger charge is -2.39. The lowest BCUT2D eigenvalue weighted by molar-refractivity contribution is -0.0421. The van der Waals surface area contributed by atoms with E-state index in [4.69, 9.17) is 4.74 Å². The minimum absolute atomic E-state index is 0.0624. The Morgan fingerprint density at radius 2 is 2.24 bits per heavy atom. The molecular formula is C16H25BrN2O2. The van der Waals surface area contributed by atoms with Crippen LogP contribution in [0.4, 0.5) is 5.69 Å². The van der Waals surface area contributed by atoms with Crippen LogP contribution in [0.25, 0.3) is 0 Å². The van der Waals surface area contributed by atoms with E-state index in [2.05, 4.69) is 65.1 Å². The smallest absolute Gasteiger partial charge is 0.0984 e. The molecule has 5 heteroatoms. The van der Waals surface area contributed by atoms with Gasteiger partial charge in [-0.2, -0.15) is 0 Å². The Kier molecular flexibility index (Phi) is 6.05. The van der Waals surface area contributed by atoms with Crippen LogP contribution in [0.3, 0.4) is 0 Å². The van der Waals surface area contributed by atoms with Crippen molar-refractivity contribution >= 4 is 21.6 Å². The van der Waals surface area contributed by atoms with E-state index in [1.54, 1.807) is 0 Å². The Morgan fingerprint density at radius 3 is 2.90 bits per heavy atom. The highest BCUT2D eigenvalue weighted by Gasteiger charge is 2.27. The zero-order valence-electron chi connectivity index (χ0n) is 13.0. The maximum absolute atomic E-state index is 9.42. The molecule has 0 bridgehead atoms. The first-order chi connectivity index (χ1) is 10.0. The molecule has 0 amide bonds. The van der Waals surface area contributed by atoms with E-state index in [-0.39, 0.29) is 18.8 Å². The maximum atomic E-state index is 9.42. The molecule has 3 atom stereocenters. The van der Waals surface area contributed by atoms with Crippen LogP contribution in [0.15, 0.2) is 22.7 Å². The average Bonchev–Trinajstić information content (AvgIpc) is 2.46. The van der Waals surface area contributed by atoms with Gasteiger partial charge in [-0.25, -0.2) is 0 Å². The summed E-state index contributed by atoms with van der Waals surface area (Å²) in [6, 6.07) is 6.71. The topological polar surface area (TPSA) is 44.7 Å². The summed E-state index contributed by atoms with van der Waals surface area (Å²) in [5.41, 5.74) is 2.50. The molecule has 0 radical (unpaired) electrons. The van der Waals surface area contributed by atoms with E-state index in [0.717, 1.165) is 24.1 Å². The molecule has 1 aliphatic rings. The Labute approximate surface area is 135 Å². The van der Waals surface area contributed by atoms with Gasteiger partial charge in [0.15, 0.2) is 0 Å². The van der Waals surface area contributed by atoms with Crippen LogP contribution in [0, 0.1) is 0 Å². The summed E-state index contributed by atoms with van der Waals surface area (Å²) in [5, 5.41) is 12.9. The van der Waals surface area contributed by atoms with Gasteiger partial charge in [-0.05, 0) is 38.1 Å². The highest BCUT2D eigenvalue weighted by molar-refractivity contribution is 9.10. The molecule has 1 aromatic carbocycles. The number of benzene rings is 1. The number of nitrogens with zero attached hydrogens (tertiary/aromatic N) is 1. The molecule has 21 heavy (non-hydrogen) atoms. The van der Waals surface area contributed by atoms with Crippen molar-refractivity contribution in [2.24, 2.45) is 0 Å². The number of halogens is 1. The number of hydrogen-bond donors (Lipinski definition) is 2. The molecule has 0 aliphatic carbocycles. The second-order valence-corrected chi connectivity index (χ2v) is 6.55. The standard InChI is InChI=1S/C16H25BrN2O2/c1-4-18-12(3)15-6-5-13(17)7-16(15)19-8-11(2)21-14(9-19)10-20/h5-7,11-12,14,18,20H,4,8-10H2,1-3H3. The fourth-order valence-corrected chi connectivity index (χ4v) is 3.26. The number of aliphatic hydroxyl groups is 1. The van der Waals surface area contributed by atoms with Crippen LogP contribution in [-0.2, 0) is 4.74 Å². The molecule has 2 N–H and O–H groups in total. The van der Waals surface area contributed by atoms with Crippen LogP contribution < -0.4 is 10.2 Å². The Morgan fingerprint density at radius 1 is 1.48 bits per heavy atom. The van der Waals surface area contributed by atoms with Crippen molar-refractivity contribution in [3.63, 3.8) is 0 Å². The number of morpholine rings is 1. The highest BCUT2D eigenvalue weighted by Crippen LogP contribution is 2.31. The largest absolute Gasteiger partial charge is 0.394 e. The van der Waals surface area contributed by atoms with E-state index in [1.807, 2.05) is 0 Å². The number of aliphatic hydroxyl groups excluding tert-OH is 1. The predicted octanol–water partition coefficient (Wildman–Crippen LogP) is 2.71. The van der Waals surface area contributed by atoms with Crippen molar-refractivity contribution in [3.8, 4) is 0 Å². The summed E-state index contributed by atoms with van der Waals surface area (Å²) in [4.78, 5) is 2.32. The molecule has 4 nitrogen and oxygen atoms in total. The summed E-state index contributed by atoms with van der Waals surface area (Å²) >= 11 is 3.57. The van der Waals surface area contributed by atoms with Crippen LogP contribution >= 0.6 is 15.9 Å². The fraction of sp³-hybridized carbons (Fsp3) is 0.625. The molecule has 1 heterocycles. The first kappa shape index (κ1) is 16.7. The highest BCUT2D eigenvalue weighted by atomic mass is 79.9. The van der Waals surface area contributed by atoms with Gasteiger partial charge in [0.25, 0.3) is 0 Å². The summed E-state index contributed by atoms with van der Waals surface area (Å²) in [5.74, 6) is 0. The van der Waals surface area contributed by atoms with Crippen LogP contribution in [-0.4, -0.2) is 43.6 Å². The normalized spacial score (nSPS) is 24.1. The Balaban J connectivity index is 2.30. The van der Waals surface area contributed by atoms with Gasteiger partial charge < -0.3 is 20.1 Å². The van der Waals surface area contributed by atoms with Crippen molar-refractivity contribution < 1.29 is 9.84 Å². The second kappa shape index (κ2) is 7.58. The van der Waals surface area contributed by atoms with Gasteiger partial charge in [0, 0.05) is 29.3 Å². The van der Waals surface area contributed by atoms with Crippen LogP contribution in [0.2, 0.25) is 0 Å². The summed E-state index contributed by atoms with van der Waals surface area (Å²) in [7, 11) is 0. The third-order valence-corrected chi connectivity index (χ3v) is 4.33. The quantitative estimate of drug-likeness (QED) is 0.851. The minimum Gasteiger partial charge on any atom is -0.394 e. The molecule has 2 rings (SSSR count). The lowest BCUT2D eigenvalue weighted by Crippen LogP contribution is -2.48. The first-order valence-corrected chi connectivity index (χ1v) is 8.38. The molecule has 1 aliphatic heterocycles. The van der Waals surface area contributed by atoms with Gasteiger partial charge in [-0.1, -0.05) is 28.9 Å². The fourth-order valence-electron chi connectivity index (χ4n) is 2.92. The number of hydrogen-bond acceptors (Lipinski definition) is 4. The Bertz CT molecular complexity index is 470. The lowest BCUT2D eigenvalue weighted by atomic mass is 10.0. The molecular weight excluding hydrogens is 332 g/mol. The van der Waals surface area contributed by atoms with Gasteiger partial charge in [0.1, 0.15) is 0 Å². The Hall–Kier alpha value is -0.620.